The summed E-state index contributed by atoms with van der Waals surface area (Å²) in [6.45, 7) is 12.6. The first-order chi connectivity index (χ1) is 51.7. The molecule has 20 rings (SSSR count). The molecule has 0 bridgehead atoms. The van der Waals surface area contributed by atoms with Crippen LogP contribution in [0.15, 0.2) is 365 Å². The van der Waals surface area contributed by atoms with Gasteiger partial charge in [-0.2, -0.15) is 0 Å². The molecule has 0 aromatic heterocycles. The van der Waals surface area contributed by atoms with Gasteiger partial charge in [0.15, 0.2) is 0 Å². The van der Waals surface area contributed by atoms with Gasteiger partial charge in [-0.15, -0.1) is 0 Å². The van der Waals surface area contributed by atoms with E-state index in [1.165, 1.54) is 144 Å². The van der Waals surface area contributed by atoms with Crippen molar-refractivity contribution in [1.82, 2.24) is 0 Å². The molecule has 16 aromatic carbocycles. The maximum atomic E-state index is 4.13. The summed E-state index contributed by atoms with van der Waals surface area (Å²) in [5, 5.41) is 4.73. The van der Waals surface area contributed by atoms with Crippen molar-refractivity contribution < 1.29 is 0 Å². The molecule has 2 atom stereocenters. The molecule has 0 aliphatic heterocycles. The molecule has 0 N–H and O–H groups in total. The van der Waals surface area contributed by atoms with E-state index in [2.05, 4.69) is 389 Å². The number of rotatable bonds is 14. The van der Waals surface area contributed by atoms with Gasteiger partial charge in [0, 0.05) is 33.5 Å². The summed E-state index contributed by atoms with van der Waals surface area (Å²) < 4.78 is 0. The van der Waals surface area contributed by atoms with Gasteiger partial charge in [0.1, 0.15) is 0 Å². The Balaban J connectivity index is 0.815. The normalized spacial score (nSPS) is 16.6. The fraction of sp³-hybridized carbons (Fsp3) is 0.0680. The van der Waals surface area contributed by atoms with Crippen molar-refractivity contribution in [2.45, 2.75) is 42.9 Å². The van der Waals surface area contributed by atoms with Crippen molar-refractivity contribution in [3.8, 4) is 44.5 Å². The van der Waals surface area contributed by atoms with Crippen LogP contribution < -0.4 is 9.80 Å². The van der Waals surface area contributed by atoms with Crippen molar-refractivity contribution in [1.29, 1.82) is 0 Å². The Bertz CT molecular complexity index is 5840. The van der Waals surface area contributed by atoms with Crippen LogP contribution in [0.2, 0.25) is 0 Å². The molecule has 2 nitrogen and oxygen atoms in total. The van der Waals surface area contributed by atoms with Crippen LogP contribution in [0.4, 0.5) is 34.1 Å². The Morgan fingerprint density at radius 2 is 0.571 bits per heavy atom. The quantitative estimate of drug-likeness (QED) is 0.107. The first kappa shape index (κ1) is 61.9. The highest BCUT2D eigenvalue weighted by molar-refractivity contribution is 6.04. The highest BCUT2D eigenvalue weighted by Crippen LogP contribution is 2.65. The van der Waals surface area contributed by atoms with Gasteiger partial charge < -0.3 is 9.80 Å². The molecule has 496 valence electrons. The second-order valence-corrected chi connectivity index (χ2v) is 29.3. The van der Waals surface area contributed by atoms with E-state index >= 15 is 0 Å². The van der Waals surface area contributed by atoms with E-state index in [4.69, 9.17) is 0 Å². The third kappa shape index (κ3) is 9.29. The van der Waals surface area contributed by atoms with Gasteiger partial charge in [0.05, 0.1) is 27.6 Å². The minimum Gasteiger partial charge on any atom is -0.310 e. The smallest absolute Gasteiger partial charge is 0.0727 e. The Hall–Kier alpha value is -12.9. The summed E-state index contributed by atoms with van der Waals surface area (Å²) in [7, 11) is 0. The van der Waals surface area contributed by atoms with Gasteiger partial charge >= 0.3 is 0 Å². The fourth-order valence-electron chi connectivity index (χ4n) is 19.1. The Morgan fingerprint density at radius 1 is 0.267 bits per heavy atom. The average Bonchev–Trinajstić information content (AvgIpc) is 1.48. The zero-order valence-corrected chi connectivity index (χ0v) is 58.9. The topological polar surface area (TPSA) is 6.48 Å². The van der Waals surface area contributed by atoms with Gasteiger partial charge in [-0.1, -0.05) is 328 Å². The average molecular weight is 1340 g/mol. The lowest BCUT2D eigenvalue weighted by atomic mass is 9.68. The molecule has 105 heavy (non-hydrogen) atoms. The summed E-state index contributed by atoms with van der Waals surface area (Å²) in [5.41, 5.74) is 35.0. The molecular weight excluding hydrogens is 1270 g/mol. The van der Waals surface area contributed by atoms with E-state index in [0.29, 0.717) is 0 Å². The first-order valence-corrected chi connectivity index (χ1v) is 36.8. The van der Waals surface area contributed by atoms with Gasteiger partial charge in [-0.05, 0) is 221 Å². The van der Waals surface area contributed by atoms with Crippen LogP contribution in [-0.2, 0) is 29.1 Å². The highest BCUT2D eigenvalue weighted by atomic mass is 15.2. The molecule has 0 radical (unpaired) electrons. The lowest BCUT2D eigenvalue weighted by Gasteiger charge is -2.36. The predicted molar refractivity (Wildman–Crippen MR) is 441 cm³/mol. The van der Waals surface area contributed by atoms with Crippen LogP contribution in [0, 0.1) is 13.8 Å². The standard InChI is InChI=1S/C103H74N2/c1-5-69-41-45-71(46-42-69)65-101(75-49-37-67(3)38-50-75)91-31-15-11-27-83(91)87-57-53-77(61-95(87)101)104(99-35-19-23-73-21-7-9-25-81(73)99)79-55-59-89-85-29-13-17-33-93(85)103(97(89)63-79)94-34-18-14-30-86(94)90-60-56-80(64-98(90)103)105(100-36-20-24-74-22-8-10-26-82(74)100)78-54-58-88-84-28-12-16-32-92(84)102(96(88)62-78,76-51-39-68(4)40-52-76)66-72-47-43-70(6-2)44-48-72/h5-64H,1-2,65-66H2,3-4H3. The monoisotopic (exact) mass is 1340 g/mol. The third-order valence-corrected chi connectivity index (χ3v) is 23.8. The fourth-order valence-corrected chi connectivity index (χ4v) is 19.1. The largest absolute Gasteiger partial charge is 0.310 e. The third-order valence-electron chi connectivity index (χ3n) is 23.8. The zero-order valence-electron chi connectivity index (χ0n) is 58.9. The number of hydrogen-bond acceptors (Lipinski definition) is 2. The summed E-state index contributed by atoms with van der Waals surface area (Å²) in [4.78, 5) is 5.14. The van der Waals surface area contributed by atoms with Crippen molar-refractivity contribution >= 4 is 67.8 Å². The van der Waals surface area contributed by atoms with Crippen molar-refractivity contribution in [2.24, 2.45) is 0 Å². The van der Waals surface area contributed by atoms with E-state index in [-0.39, 0.29) is 0 Å². The molecule has 4 aliphatic carbocycles. The molecule has 0 fully saturated rings. The van der Waals surface area contributed by atoms with Gasteiger partial charge in [-0.25, -0.2) is 0 Å². The highest BCUT2D eigenvalue weighted by Gasteiger charge is 2.53. The maximum Gasteiger partial charge on any atom is 0.0727 e. The summed E-state index contributed by atoms with van der Waals surface area (Å²) in [6.07, 6.45) is 5.42. The van der Waals surface area contributed by atoms with E-state index < -0.39 is 16.2 Å². The predicted octanol–water partition coefficient (Wildman–Crippen LogP) is 26.3. The lowest BCUT2D eigenvalue weighted by Crippen LogP contribution is -2.30. The van der Waals surface area contributed by atoms with Gasteiger partial charge in [0.2, 0.25) is 0 Å². The summed E-state index contributed by atoms with van der Waals surface area (Å²) >= 11 is 0. The van der Waals surface area contributed by atoms with Crippen molar-refractivity contribution in [3.05, 3.63) is 454 Å². The Morgan fingerprint density at radius 3 is 0.952 bits per heavy atom. The number of aryl methyl sites for hydroxylation is 2. The second kappa shape index (κ2) is 24.1. The van der Waals surface area contributed by atoms with Crippen LogP contribution in [-0.4, -0.2) is 0 Å². The van der Waals surface area contributed by atoms with Crippen LogP contribution in [0.3, 0.4) is 0 Å². The number of fused-ring (bicyclic) bond motifs is 18. The van der Waals surface area contributed by atoms with Crippen LogP contribution >= 0.6 is 0 Å². The van der Waals surface area contributed by atoms with Crippen LogP contribution in [0.25, 0.3) is 78.2 Å². The Kier molecular flexibility index (Phi) is 14.2. The van der Waals surface area contributed by atoms with Crippen LogP contribution in [0.5, 0.6) is 0 Å². The number of hydrogen-bond donors (Lipinski definition) is 0. The SMILES string of the molecule is C=Cc1ccc(CC2(c3ccc(C)cc3)c3ccccc3-c3ccc(N(c4ccc5c(c4)C4(c6ccccc6-5)c5ccccc5-c5ccc(N(c6ccc7c(c6)C(Cc6ccc(C=C)cc6)(c6ccc(C)cc6)c6ccccc6-7)c6cccc7ccccc67)cc54)c4cccc5ccccc45)cc32)cc1. The number of nitrogens with zero attached hydrogens (tertiary/aromatic N) is 2. The summed E-state index contributed by atoms with van der Waals surface area (Å²) in [5.74, 6) is 0. The minimum atomic E-state index is -0.735. The van der Waals surface area contributed by atoms with Crippen molar-refractivity contribution in [2.75, 3.05) is 9.80 Å². The molecule has 2 heteroatoms. The molecule has 0 saturated carbocycles. The molecule has 0 saturated heterocycles. The molecular formula is C103H74N2. The molecule has 16 aromatic rings. The molecule has 1 spiro atoms. The van der Waals surface area contributed by atoms with E-state index in [1.807, 2.05) is 12.2 Å². The minimum absolute atomic E-state index is 0.526. The maximum absolute atomic E-state index is 4.13. The number of benzene rings is 16. The lowest BCUT2D eigenvalue weighted by molar-refractivity contribution is 0.629. The van der Waals surface area contributed by atoms with Gasteiger partial charge in [0.25, 0.3) is 0 Å². The van der Waals surface area contributed by atoms with Gasteiger partial charge in [-0.3, -0.25) is 0 Å². The van der Waals surface area contributed by atoms with Crippen molar-refractivity contribution in [3.63, 3.8) is 0 Å². The zero-order chi connectivity index (χ0) is 70.1. The first-order valence-electron chi connectivity index (χ1n) is 36.8. The van der Waals surface area contributed by atoms with E-state index in [1.54, 1.807) is 0 Å². The molecule has 0 heterocycles. The molecule has 0 amide bonds. The second-order valence-electron chi connectivity index (χ2n) is 29.3. The van der Waals surface area contributed by atoms with E-state index in [9.17, 15) is 0 Å². The molecule has 4 aliphatic rings. The molecule has 2 unspecified atom stereocenters. The van der Waals surface area contributed by atoms with E-state index in [0.717, 1.165) is 58.1 Å². The summed E-state index contributed by atoms with van der Waals surface area (Å²) in [6, 6.07) is 135. The van der Waals surface area contributed by atoms with Crippen LogP contribution in [0.1, 0.15) is 89.0 Å². The Labute approximate surface area is 615 Å². The number of anilines is 6.